The smallest absolute Gasteiger partial charge is 0.300 e. The normalized spacial score (nSPS) is 14.8. The van der Waals surface area contributed by atoms with E-state index in [1.807, 2.05) is 49.4 Å². The van der Waals surface area contributed by atoms with Gasteiger partial charge in [-0.3, -0.25) is 4.79 Å². The number of imidazole rings is 1. The molecule has 0 aliphatic carbocycles. The van der Waals surface area contributed by atoms with Crippen molar-refractivity contribution in [3.63, 3.8) is 0 Å². The van der Waals surface area contributed by atoms with E-state index in [4.69, 9.17) is 0 Å². The van der Waals surface area contributed by atoms with Gasteiger partial charge in [-0.05, 0) is 57.1 Å². The number of nitrogens with one attached hydrogen (secondary N) is 2. The second-order valence-corrected chi connectivity index (χ2v) is 7.01. The fraction of sp³-hybridized carbons (Fsp3) is 0.333. The third-order valence-corrected chi connectivity index (χ3v) is 5.10. The molecule has 0 atom stereocenters. The second kappa shape index (κ2) is 7.30. The standard InChI is InChI=1S/C21H24N4O/c1-16-8-10-17(11-9-16)20(26)23-21-22-18-6-2-3-7-19(18)25(21)15-14-24-12-4-5-13-24/h2-3,6-11H,4-5,12-15H2,1H3,(H,22,23,26)/p+1. The van der Waals surface area contributed by atoms with Crippen molar-refractivity contribution >= 4 is 22.9 Å². The number of nitrogens with zero attached hydrogens (tertiary/aromatic N) is 2. The number of aromatic amines is 1. The summed E-state index contributed by atoms with van der Waals surface area (Å²) in [4.78, 5) is 18.5. The largest absolute Gasteiger partial charge is 0.363 e. The van der Waals surface area contributed by atoms with E-state index in [1.54, 1.807) is 0 Å². The van der Waals surface area contributed by atoms with E-state index in [0.717, 1.165) is 35.6 Å². The zero-order valence-corrected chi connectivity index (χ0v) is 15.2. The van der Waals surface area contributed by atoms with Crippen molar-refractivity contribution < 1.29 is 9.36 Å². The molecule has 26 heavy (non-hydrogen) atoms. The minimum atomic E-state index is -0.0912. The van der Waals surface area contributed by atoms with Crippen LogP contribution in [0.15, 0.2) is 48.5 Å². The lowest BCUT2D eigenvalue weighted by molar-refractivity contribution is -0.656. The molecule has 0 bridgehead atoms. The molecule has 1 fully saturated rings. The van der Waals surface area contributed by atoms with E-state index in [9.17, 15) is 4.79 Å². The van der Waals surface area contributed by atoms with Crippen LogP contribution in [0.5, 0.6) is 0 Å². The summed E-state index contributed by atoms with van der Waals surface area (Å²) in [6.07, 6.45) is 2.57. The van der Waals surface area contributed by atoms with Gasteiger partial charge in [0.1, 0.15) is 11.0 Å². The Morgan fingerprint density at radius 2 is 1.85 bits per heavy atom. The van der Waals surface area contributed by atoms with Gasteiger partial charge in [0.15, 0.2) is 0 Å². The van der Waals surface area contributed by atoms with Gasteiger partial charge < -0.3 is 4.90 Å². The fourth-order valence-electron chi connectivity index (χ4n) is 3.59. The molecular formula is C21H25N4O+. The molecule has 3 aromatic rings. The van der Waals surface area contributed by atoms with Gasteiger partial charge in [-0.1, -0.05) is 29.8 Å². The van der Waals surface area contributed by atoms with Crippen LogP contribution in [-0.4, -0.2) is 35.4 Å². The monoisotopic (exact) mass is 349 g/mol. The molecule has 1 aliphatic heterocycles. The first-order valence-corrected chi connectivity index (χ1v) is 9.31. The van der Waals surface area contributed by atoms with Gasteiger partial charge in [0.25, 0.3) is 0 Å². The third kappa shape index (κ3) is 3.48. The minimum absolute atomic E-state index is 0.0912. The highest BCUT2D eigenvalue weighted by Gasteiger charge is 2.22. The summed E-state index contributed by atoms with van der Waals surface area (Å²) in [7, 11) is 0. The number of carbonyl (C=O) groups is 1. The molecule has 1 aromatic heterocycles. The summed E-state index contributed by atoms with van der Waals surface area (Å²) < 4.78 is 2.18. The highest BCUT2D eigenvalue weighted by Crippen LogP contribution is 2.14. The molecular weight excluding hydrogens is 324 g/mol. The number of benzene rings is 2. The maximum atomic E-state index is 12.7. The van der Waals surface area contributed by atoms with E-state index < -0.39 is 0 Å². The molecule has 0 saturated carbocycles. The Balaban J connectivity index is 1.59. The average molecular weight is 349 g/mol. The summed E-state index contributed by atoms with van der Waals surface area (Å²) in [6, 6.07) is 15.8. The first-order valence-electron chi connectivity index (χ1n) is 9.31. The molecule has 1 saturated heterocycles. The molecule has 2 heterocycles. The summed E-state index contributed by atoms with van der Waals surface area (Å²) in [6.45, 7) is 6.22. The number of hydrogen-bond acceptors (Lipinski definition) is 2. The second-order valence-electron chi connectivity index (χ2n) is 7.01. The number of likely N-dealkylation sites (tertiary alicyclic amines) is 1. The van der Waals surface area contributed by atoms with Crippen LogP contribution >= 0.6 is 0 Å². The van der Waals surface area contributed by atoms with Crippen LogP contribution in [0.4, 0.5) is 5.95 Å². The molecule has 0 radical (unpaired) electrons. The predicted molar refractivity (Wildman–Crippen MR) is 103 cm³/mol. The van der Waals surface area contributed by atoms with E-state index in [-0.39, 0.29) is 5.91 Å². The third-order valence-electron chi connectivity index (χ3n) is 5.10. The van der Waals surface area contributed by atoms with Crippen molar-refractivity contribution in [3.05, 3.63) is 59.7 Å². The average Bonchev–Trinajstić information content (AvgIpc) is 3.28. The number of hydrogen-bond donors (Lipinski definition) is 2. The predicted octanol–water partition coefficient (Wildman–Crippen LogP) is 3.11. The Morgan fingerprint density at radius 3 is 2.62 bits per heavy atom. The number of anilines is 1. The van der Waals surface area contributed by atoms with E-state index in [1.165, 1.54) is 25.9 Å². The Bertz CT molecular complexity index is 907. The van der Waals surface area contributed by atoms with E-state index in [2.05, 4.69) is 25.8 Å². The number of carbonyl (C=O) groups excluding carboxylic acids is 1. The van der Waals surface area contributed by atoms with Crippen molar-refractivity contribution in [2.24, 2.45) is 0 Å². The molecule has 5 nitrogen and oxygen atoms in total. The van der Waals surface area contributed by atoms with E-state index >= 15 is 0 Å². The Kier molecular flexibility index (Phi) is 4.71. The summed E-state index contributed by atoms with van der Waals surface area (Å²) in [5, 5.41) is 3.06. The van der Waals surface area contributed by atoms with Gasteiger partial charge in [-0.15, -0.1) is 0 Å². The highest BCUT2D eigenvalue weighted by molar-refractivity contribution is 6.03. The lowest BCUT2D eigenvalue weighted by Gasteiger charge is -2.13. The maximum absolute atomic E-state index is 12.7. The molecule has 4 rings (SSSR count). The lowest BCUT2D eigenvalue weighted by atomic mass is 10.1. The van der Waals surface area contributed by atoms with Gasteiger partial charge in [0.2, 0.25) is 0 Å². The van der Waals surface area contributed by atoms with Crippen LogP contribution in [-0.2, 0) is 6.54 Å². The Morgan fingerprint density at radius 1 is 1.12 bits per heavy atom. The van der Waals surface area contributed by atoms with Gasteiger partial charge in [0.05, 0.1) is 12.1 Å². The first kappa shape index (κ1) is 16.8. The van der Waals surface area contributed by atoms with Crippen molar-refractivity contribution in [3.8, 4) is 0 Å². The summed E-state index contributed by atoms with van der Waals surface area (Å²) in [5.41, 5.74) is 3.97. The quantitative estimate of drug-likeness (QED) is 0.696. The molecule has 2 aromatic carbocycles. The topological polar surface area (TPSA) is 52.0 Å². The number of rotatable bonds is 5. The minimum Gasteiger partial charge on any atom is -0.300 e. The van der Waals surface area contributed by atoms with Crippen molar-refractivity contribution in [2.45, 2.75) is 26.3 Å². The Labute approximate surface area is 153 Å². The van der Waals surface area contributed by atoms with Crippen LogP contribution < -0.4 is 9.88 Å². The van der Waals surface area contributed by atoms with E-state index in [0.29, 0.717) is 5.56 Å². The van der Waals surface area contributed by atoms with Gasteiger partial charge in [0, 0.05) is 6.54 Å². The van der Waals surface area contributed by atoms with Crippen LogP contribution in [0, 0.1) is 6.92 Å². The van der Waals surface area contributed by atoms with Crippen molar-refractivity contribution in [1.29, 1.82) is 0 Å². The zero-order valence-electron chi connectivity index (χ0n) is 15.2. The van der Waals surface area contributed by atoms with Crippen molar-refractivity contribution in [2.75, 3.05) is 25.0 Å². The van der Waals surface area contributed by atoms with Crippen LogP contribution in [0.1, 0.15) is 28.8 Å². The molecule has 1 aliphatic rings. The number of fused-ring (bicyclic) bond motifs is 1. The van der Waals surface area contributed by atoms with Gasteiger partial charge in [-0.25, -0.2) is 14.9 Å². The number of para-hydroxylation sites is 2. The first-order chi connectivity index (χ1) is 12.7. The van der Waals surface area contributed by atoms with Gasteiger partial charge >= 0.3 is 11.9 Å². The lowest BCUT2D eigenvalue weighted by Crippen LogP contribution is -2.42. The van der Waals surface area contributed by atoms with Crippen LogP contribution in [0.2, 0.25) is 0 Å². The summed E-state index contributed by atoms with van der Waals surface area (Å²) in [5.74, 6) is 0.655. The number of amides is 1. The summed E-state index contributed by atoms with van der Waals surface area (Å²) >= 11 is 0. The van der Waals surface area contributed by atoms with Gasteiger partial charge in [-0.2, -0.15) is 0 Å². The molecule has 1 amide bonds. The highest BCUT2D eigenvalue weighted by atomic mass is 16.1. The zero-order chi connectivity index (χ0) is 17.9. The molecule has 0 spiro atoms. The van der Waals surface area contributed by atoms with Crippen molar-refractivity contribution in [1.82, 2.24) is 9.88 Å². The maximum Gasteiger partial charge on any atom is 0.363 e. The molecule has 5 heteroatoms. The molecule has 2 N–H and O–H groups in total. The van der Waals surface area contributed by atoms with Crippen LogP contribution in [0.25, 0.3) is 11.0 Å². The number of H-pyrrole nitrogens is 1. The SMILES string of the molecule is Cc1ccc(C(=O)Nc2[nH]c3ccccc3[n+]2CCN2CCCC2)cc1. The number of aryl methyl sites for hydroxylation is 1. The Hall–Kier alpha value is -2.66. The van der Waals surface area contributed by atoms with Crippen LogP contribution in [0.3, 0.4) is 0 Å². The molecule has 0 unspecified atom stereocenters. The molecule has 134 valence electrons. The fourth-order valence-corrected chi connectivity index (χ4v) is 3.59. The number of aromatic nitrogens is 2.